The Hall–Kier alpha value is -1.36. The van der Waals surface area contributed by atoms with E-state index in [9.17, 15) is 4.79 Å². The van der Waals surface area contributed by atoms with Crippen molar-refractivity contribution in [3.8, 4) is 0 Å². The van der Waals surface area contributed by atoms with Gasteiger partial charge in [-0.3, -0.25) is 4.79 Å². The smallest absolute Gasteiger partial charge is 0.252 e. The Morgan fingerprint density at radius 2 is 2.20 bits per heavy atom. The normalized spacial score (nSPS) is 26.6. The minimum Gasteiger partial charge on any atom is -0.352 e. The van der Waals surface area contributed by atoms with Gasteiger partial charge in [-0.05, 0) is 32.2 Å². The molecule has 2 aliphatic heterocycles. The molecule has 0 spiro atoms. The molecule has 3 rings (SSSR count). The van der Waals surface area contributed by atoms with E-state index in [2.05, 4.69) is 34.0 Å². The molecule has 20 heavy (non-hydrogen) atoms. The minimum atomic E-state index is -0.0382. The number of nitrogens with one attached hydrogen (secondary N) is 2. The van der Waals surface area contributed by atoms with Gasteiger partial charge in [0.05, 0.1) is 0 Å². The second-order valence-electron chi connectivity index (χ2n) is 6.25. The topological polar surface area (TPSA) is 61.0 Å². The van der Waals surface area contributed by atoms with Crippen molar-refractivity contribution in [2.45, 2.75) is 57.5 Å². The summed E-state index contributed by atoms with van der Waals surface area (Å²) in [6, 6.07) is 2.70. The molecule has 0 aliphatic carbocycles. The molecule has 0 saturated carbocycles. The van der Waals surface area contributed by atoms with Crippen molar-refractivity contribution in [3.63, 3.8) is 0 Å². The Balaban J connectivity index is 1.89. The van der Waals surface area contributed by atoms with Crippen molar-refractivity contribution in [1.82, 2.24) is 15.3 Å². The highest BCUT2D eigenvalue weighted by Crippen LogP contribution is 2.28. The predicted octanol–water partition coefficient (Wildman–Crippen LogP) is 1.61. The van der Waals surface area contributed by atoms with Gasteiger partial charge in [-0.1, -0.05) is 13.8 Å². The highest BCUT2D eigenvalue weighted by molar-refractivity contribution is 5.41. The molecular weight excluding hydrogens is 252 g/mol. The molecule has 5 heteroatoms. The summed E-state index contributed by atoms with van der Waals surface area (Å²) in [6.07, 6.45) is 4.88. The Morgan fingerprint density at radius 1 is 1.35 bits per heavy atom. The van der Waals surface area contributed by atoms with E-state index in [1.807, 2.05) is 0 Å². The van der Waals surface area contributed by atoms with Crippen LogP contribution in [0.4, 0.5) is 5.82 Å². The molecule has 1 aromatic heterocycles. The number of hydrogen-bond donors (Lipinski definition) is 2. The Bertz CT molecular complexity index is 519. The lowest BCUT2D eigenvalue weighted by Crippen LogP contribution is -2.44. The van der Waals surface area contributed by atoms with Crippen LogP contribution in [0.25, 0.3) is 0 Å². The molecule has 1 aromatic rings. The van der Waals surface area contributed by atoms with E-state index in [4.69, 9.17) is 0 Å². The van der Waals surface area contributed by atoms with Gasteiger partial charge in [-0.2, -0.15) is 0 Å². The zero-order valence-electron chi connectivity index (χ0n) is 12.4. The van der Waals surface area contributed by atoms with Crippen LogP contribution in [0.5, 0.6) is 0 Å². The first-order valence-corrected chi connectivity index (χ1v) is 7.76. The van der Waals surface area contributed by atoms with Crippen molar-refractivity contribution in [2.75, 3.05) is 18.0 Å². The third-order valence-electron chi connectivity index (χ3n) is 4.45. The summed E-state index contributed by atoms with van der Waals surface area (Å²) in [6.45, 7) is 6.25. The van der Waals surface area contributed by atoms with Crippen molar-refractivity contribution in [2.24, 2.45) is 0 Å². The summed E-state index contributed by atoms with van der Waals surface area (Å²) in [5.41, 5.74) is -0.0382. The molecule has 3 heterocycles. The van der Waals surface area contributed by atoms with E-state index < -0.39 is 0 Å². The van der Waals surface area contributed by atoms with Gasteiger partial charge in [0, 0.05) is 30.6 Å². The van der Waals surface area contributed by atoms with Gasteiger partial charge in [0.1, 0.15) is 11.6 Å². The van der Waals surface area contributed by atoms with Crippen LogP contribution in [0.1, 0.15) is 51.3 Å². The van der Waals surface area contributed by atoms with Crippen molar-refractivity contribution in [1.29, 1.82) is 0 Å². The van der Waals surface area contributed by atoms with Crippen LogP contribution in [0.15, 0.2) is 10.9 Å². The van der Waals surface area contributed by atoms with Gasteiger partial charge >= 0.3 is 0 Å². The molecule has 2 fully saturated rings. The van der Waals surface area contributed by atoms with Gasteiger partial charge < -0.3 is 15.2 Å². The summed E-state index contributed by atoms with van der Waals surface area (Å²) in [4.78, 5) is 21.7. The fourth-order valence-electron chi connectivity index (χ4n) is 3.42. The van der Waals surface area contributed by atoms with Crippen LogP contribution in [0, 0.1) is 0 Å². The quantitative estimate of drug-likeness (QED) is 0.880. The molecule has 2 N–H and O–H groups in total. The molecule has 0 radical (unpaired) electrons. The summed E-state index contributed by atoms with van der Waals surface area (Å²) >= 11 is 0. The van der Waals surface area contributed by atoms with E-state index in [0.29, 0.717) is 12.1 Å². The minimum absolute atomic E-state index is 0.0382. The van der Waals surface area contributed by atoms with Crippen LogP contribution in [-0.4, -0.2) is 35.1 Å². The molecule has 2 saturated heterocycles. The number of aromatic amines is 1. The lowest BCUT2D eigenvalue weighted by atomic mass is 10.0. The molecule has 2 aliphatic rings. The SMILES string of the molecule is CC(C)c1nc(N2CCCC2C2CCCN2)cc(=O)[nH]1. The first kappa shape index (κ1) is 13.6. The predicted molar refractivity (Wildman–Crippen MR) is 80.3 cm³/mol. The zero-order valence-corrected chi connectivity index (χ0v) is 12.4. The van der Waals surface area contributed by atoms with Crippen molar-refractivity contribution < 1.29 is 0 Å². The zero-order chi connectivity index (χ0) is 14.1. The second kappa shape index (κ2) is 5.56. The van der Waals surface area contributed by atoms with E-state index >= 15 is 0 Å². The molecular formula is C15H24N4O. The van der Waals surface area contributed by atoms with E-state index in [-0.39, 0.29) is 11.5 Å². The largest absolute Gasteiger partial charge is 0.352 e. The molecule has 0 bridgehead atoms. The molecule has 5 nitrogen and oxygen atoms in total. The number of H-pyrrole nitrogens is 1. The van der Waals surface area contributed by atoms with Crippen molar-refractivity contribution in [3.05, 3.63) is 22.2 Å². The molecule has 2 unspecified atom stereocenters. The fourth-order valence-corrected chi connectivity index (χ4v) is 3.42. The average molecular weight is 276 g/mol. The van der Waals surface area contributed by atoms with Crippen LogP contribution >= 0.6 is 0 Å². The third-order valence-corrected chi connectivity index (χ3v) is 4.45. The van der Waals surface area contributed by atoms with Crippen LogP contribution in [0.2, 0.25) is 0 Å². The maximum Gasteiger partial charge on any atom is 0.252 e. The molecule has 2 atom stereocenters. The van der Waals surface area contributed by atoms with Gasteiger partial charge in [-0.15, -0.1) is 0 Å². The second-order valence-corrected chi connectivity index (χ2v) is 6.25. The Morgan fingerprint density at radius 3 is 2.90 bits per heavy atom. The average Bonchev–Trinajstić information content (AvgIpc) is 3.08. The summed E-state index contributed by atoms with van der Waals surface area (Å²) in [5.74, 6) is 1.89. The lowest BCUT2D eigenvalue weighted by molar-refractivity contribution is 0.480. The van der Waals surface area contributed by atoms with E-state index in [1.165, 1.54) is 25.7 Å². The number of hydrogen-bond acceptors (Lipinski definition) is 4. The third kappa shape index (κ3) is 2.59. The van der Waals surface area contributed by atoms with Crippen molar-refractivity contribution >= 4 is 5.82 Å². The first-order valence-electron chi connectivity index (χ1n) is 7.76. The van der Waals surface area contributed by atoms with E-state index in [1.54, 1.807) is 6.07 Å². The van der Waals surface area contributed by atoms with Crippen LogP contribution in [0.3, 0.4) is 0 Å². The van der Waals surface area contributed by atoms with Crippen LogP contribution in [-0.2, 0) is 0 Å². The molecule has 0 aromatic carbocycles. The van der Waals surface area contributed by atoms with Gasteiger partial charge in [0.15, 0.2) is 0 Å². The fraction of sp³-hybridized carbons (Fsp3) is 0.733. The van der Waals surface area contributed by atoms with Gasteiger partial charge in [0.25, 0.3) is 5.56 Å². The van der Waals surface area contributed by atoms with Crippen LogP contribution < -0.4 is 15.8 Å². The number of aromatic nitrogens is 2. The standard InChI is InChI=1S/C15H24N4O/c1-10(2)15-17-13(9-14(20)18-15)19-8-4-6-12(19)11-5-3-7-16-11/h9-12,16H,3-8H2,1-2H3,(H,17,18,20). The first-order chi connectivity index (χ1) is 9.65. The van der Waals surface area contributed by atoms with E-state index in [0.717, 1.165) is 24.7 Å². The maximum atomic E-state index is 11.9. The molecule has 0 amide bonds. The summed E-state index contributed by atoms with van der Waals surface area (Å²) in [5, 5.41) is 3.59. The van der Waals surface area contributed by atoms with Gasteiger partial charge in [0.2, 0.25) is 0 Å². The number of nitrogens with zero attached hydrogens (tertiary/aromatic N) is 2. The summed E-state index contributed by atoms with van der Waals surface area (Å²) in [7, 11) is 0. The summed E-state index contributed by atoms with van der Waals surface area (Å²) < 4.78 is 0. The highest BCUT2D eigenvalue weighted by Gasteiger charge is 2.34. The molecule has 110 valence electrons. The lowest BCUT2D eigenvalue weighted by Gasteiger charge is -2.30. The number of rotatable bonds is 3. The van der Waals surface area contributed by atoms with Gasteiger partial charge in [-0.25, -0.2) is 4.98 Å². The highest BCUT2D eigenvalue weighted by atomic mass is 16.1. The monoisotopic (exact) mass is 276 g/mol. The maximum absolute atomic E-state index is 11.9. The Labute approximate surface area is 119 Å². The Kier molecular flexibility index (Phi) is 3.78. The number of anilines is 1.